The quantitative estimate of drug-likeness (QED) is 0.817. The SMILES string of the molecule is Cc1ccc(CC(=O)Nc2cc(Cl)c(O)c(Cl)c2)cc1C. The van der Waals surface area contributed by atoms with Crippen molar-refractivity contribution in [2.75, 3.05) is 5.32 Å². The molecule has 0 aliphatic rings. The van der Waals surface area contributed by atoms with Crippen molar-refractivity contribution in [2.45, 2.75) is 20.3 Å². The number of amides is 1. The number of carbonyl (C=O) groups is 1. The Morgan fingerprint density at radius 3 is 2.29 bits per heavy atom. The van der Waals surface area contributed by atoms with E-state index < -0.39 is 0 Å². The van der Waals surface area contributed by atoms with E-state index in [2.05, 4.69) is 5.32 Å². The van der Waals surface area contributed by atoms with E-state index in [1.807, 2.05) is 32.0 Å². The van der Waals surface area contributed by atoms with Crippen molar-refractivity contribution in [3.63, 3.8) is 0 Å². The molecule has 0 fully saturated rings. The maximum atomic E-state index is 12.0. The Balaban J connectivity index is 2.09. The van der Waals surface area contributed by atoms with Gasteiger partial charge in [-0.2, -0.15) is 0 Å². The third-order valence-electron chi connectivity index (χ3n) is 3.24. The van der Waals surface area contributed by atoms with Gasteiger partial charge >= 0.3 is 0 Å². The molecule has 0 aliphatic carbocycles. The fourth-order valence-electron chi connectivity index (χ4n) is 1.94. The van der Waals surface area contributed by atoms with E-state index in [1.165, 1.54) is 17.7 Å². The van der Waals surface area contributed by atoms with Gasteiger partial charge in [-0.3, -0.25) is 4.79 Å². The summed E-state index contributed by atoms with van der Waals surface area (Å²) in [5.74, 6) is -0.360. The maximum Gasteiger partial charge on any atom is 0.228 e. The minimum atomic E-state index is -0.189. The molecule has 110 valence electrons. The van der Waals surface area contributed by atoms with Crippen LogP contribution in [0, 0.1) is 13.8 Å². The Bertz CT molecular complexity index is 676. The van der Waals surface area contributed by atoms with Gasteiger partial charge in [-0.05, 0) is 42.7 Å². The summed E-state index contributed by atoms with van der Waals surface area (Å²) in [6.45, 7) is 4.04. The fraction of sp³-hybridized carbons (Fsp3) is 0.188. The summed E-state index contributed by atoms with van der Waals surface area (Å²) >= 11 is 11.6. The van der Waals surface area contributed by atoms with Crippen molar-refractivity contribution < 1.29 is 9.90 Å². The molecule has 0 heterocycles. The Labute approximate surface area is 133 Å². The molecule has 0 radical (unpaired) electrons. The van der Waals surface area contributed by atoms with Crippen LogP contribution in [0.5, 0.6) is 5.75 Å². The smallest absolute Gasteiger partial charge is 0.228 e. The average Bonchev–Trinajstić information content (AvgIpc) is 2.40. The number of rotatable bonds is 3. The van der Waals surface area contributed by atoms with Gasteiger partial charge in [0.2, 0.25) is 5.91 Å². The first kappa shape index (κ1) is 15.7. The Kier molecular flexibility index (Phi) is 4.76. The number of halogens is 2. The number of aromatic hydroxyl groups is 1. The summed E-state index contributed by atoms with van der Waals surface area (Å²) in [6.07, 6.45) is 0.261. The van der Waals surface area contributed by atoms with E-state index in [0.717, 1.165) is 11.1 Å². The molecule has 5 heteroatoms. The average molecular weight is 324 g/mol. The molecule has 0 saturated heterocycles. The first-order valence-corrected chi connectivity index (χ1v) is 7.16. The Hall–Kier alpha value is -1.71. The molecule has 0 atom stereocenters. The van der Waals surface area contributed by atoms with Crippen LogP contribution in [0.2, 0.25) is 10.0 Å². The van der Waals surface area contributed by atoms with E-state index >= 15 is 0 Å². The molecule has 0 spiro atoms. The number of aryl methyl sites for hydroxylation is 2. The molecule has 2 aromatic rings. The molecule has 3 nitrogen and oxygen atoms in total. The molecular formula is C16H15Cl2NO2. The molecule has 0 aromatic heterocycles. The van der Waals surface area contributed by atoms with Crippen LogP contribution >= 0.6 is 23.2 Å². The zero-order chi connectivity index (χ0) is 15.6. The topological polar surface area (TPSA) is 49.3 Å². The molecule has 2 rings (SSSR count). The second kappa shape index (κ2) is 6.37. The lowest BCUT2D eigenvalue weighted by Crippen LogP contribution is -2.14. The number of hydrogen-bond donors (Lipinski definition) is 2. The number of anilines is 1. The second-order valence-electron chi connectivity index (χ2n) is 4.93. The molecule has 1 amide bonds. The van der Waals surface area contributed by atoms with Crippen molar-refractivity contribution in [1.29, 1.82) is 0 Å². The van der Waals surface area contributed by atoms with E-state index in [9.17, 15) is 9.90 Å². The van der Waals surface area contributed by atoms with Gasteiger partial charge < -0.3 is 10.4 Å². The second-order valence-corrected chi connectivity index (χ2v) is 5.75. The van der Waals surface area contributed by atoms with Crippen molar-refractivity contribution in [3.8, 4) is 5.75 Å². The van der Waals surface area contributed by atoms with Crippen LogP contribution in [0.3, 0.4) is 0 Å². The zero-order valence-electron chi connectivity index (χ0n) is 11.7. The van der Waals surface area contributed by atoms with Crippen molar-refractivity contribution in [2.24, 2.45) is 0 Å². The monoisotopic (exact) mass is 323 g/mol. The summed E-state index contributed by atoms with van der Waals surface area (Å²) in [5, 5.41) is 12.4. The molecule has 2 N–H and O–H groups in total. The van der Waals surface area contributed by atoms with Gasteiger partial charge in [0.15, 0.2) is 5.75 Å². The molecule has 0 unspecified atom stereocenters. The van der Waals surface area contributed by atoms with Crippen LogP contribution in [0.15, 0.2) is 30.3 Å². The Morgan fingerprint density at radius 2 is 1.71 bits per heavy atom. The highest BCUT2D eigenvalue weighted by atomic mass is 35.5. The highest BCUT2D eigenvalue weighted by Crippen LogP contribution is 2.34. The fourth-order valence-corrected chi connectivity index (χ4v) is 2.43. The highest BCUT2D eigenvalue weighted by molar-refractivity contribution is 6.37. The van der Waals surface area contributed by atoms with Gasteiger partial charge in [-0.1, -0.05) is 41.4 Å². The van der Waals surface area contributed by atoms with Gasteiger partial charge in [-0.25, -0.2) is 0 Å². The lowest BCUT2D eigenvalue weighted by atomic mass is 10.0. The first-order chi connectivity index (χ1) is 9.86. The number of phenolic OH excluding ortho intramolecular Hbond substituents is 1. The number of carbonyl (C=O) groups excluding carboxylic acids is 1. The Morgan fingerprint density at radius 1 is 1.10 bits per heavy atom. The van der Waals surface area contributed by atoms with Crippen LogP contribution < -0.4 is 5.32 Å². The summed E-state index contributed by atoms with van der Waals surface area (Å²) in [5.41, 5.74) is 3.73. The summed E-state index contributed by atoms with van der Waals surface area (Å²) < 4.78 is 0. The number of benzene rings is 2. The summed E-state index contributed by atoms with van der Waals surface area (Å²) in [4.78, 5) is 12.0. The predicted molar refractivity (Wildman–Crippen MR) is 86.4 cm³/mol. The number of nitrogens with one attached hydrogen (secondary N) is 1. The lowest BCUT2D eigenvalue weighted by molar-refractivity contribution is -0.115. The molecular weight excluding hydrogens is 309 g/mol. The van der Waals surface area contributed by atoms with Gasteiger partial charge in [0.05, 0.1) is 16.5 Å². The number of hydrogen-bond acceptors (Lipinski definition) is 2. The summed E-state index contributed by atoms with van der Waals surface area (Å²) in [7, 11) is 0. The summed E-state index contributed by atoms with van der Waals surface area (Å²) in [6, 6.07) is 8.83. The van der Waals surface area contributed by atoms with Crippen LogP contribution in [0.25, 0.3) is 0 Å². The molecule has 0 saturated carbocycles. The van der Waals surface area contributed by atoms with Gasteiger partial charge in [-0.15, -0.1) is 0 Å². The highest BCUT2D eigenvalue weighted by Gasteiger charge is 2.10. The van der Waals surface area contributed by atoms with Crippen LogP contribution in [-0.4, -0.2) is 11.0 Å². The maximum absolute atomic E-state index is 12.0. The van der Waals surface area contributed by atoms with Crippen molar-refractivity contribution in [3.05, 3.63) is 57.1 Å². The van der Waals surface area contributed by atoms with E-state index in [-0.39, 0.29) is 28.1 Å². The normalized spacial score (nSPS) is 10.5. The van der Waals surface area contributed by atoms with Crippen molar-refractivity contribution in [1.82, 2.24) is 0 Å². The molecule has 2 aromatic carbocycles. The molecule has 21 heavy (non-hydrogen) atoms. The number of phenols is 1. The van der Waals surface area contributed by atoms with E-state index in [4.69, 9.17) is 23.2 Å². The van der Waals surface area contributed by atoms with Gasteiger partial charge in [0.1, 0.15) is 0 Å². The van der Waals surface area contributed by atoms with Crippen LogP contribution in [-0.2, 0) is 11.2 Å². The van der Waals surface area contributed by atoms with Gasteiger partial charge in [0, 0.05) is 5.69 Å². The van der Waals surface area contributed by atoms with Gasteiger partial charge in [0.25, 0.3) is 0 Å². The van der Waals surface area contributed by atoms with Crippen LogP contribution in [0.1, 0.15) is 16.7 Å². The zero-order valence-corrected chi connectivity index (χ0v) is 13.2. The minimum Gasteiger partial charge on any atom is -0.505 e. The lowest BCUT2D eigenvalue weighted by Gasteiger charge is -2.09. The first-order valence-electron chi connectivity index (χ1n) is 6.41. The molecule has 0 aliphatic heterocycles. The largest absolute Gasteiger partial charge is 0.505 e. The third-order valence-corrected chi connectivity index (χ3v) is 3.81. The predicted octanol–water partition coefficient (Wildman–Crippen LogP) is 4.50. The van der Waals surface area contributed by atoms with E-state index in [0.29, 0.717) is 5.69 Å². The third kappa shape index (κ3) is 3.90. The molecule has 0 bridgehead atoms. The van der Waals surface area contributed by atoms with Crippen molar-refractivity contribution >= 4 is 34.8 Å². The van der Waals surface area contributed by atoms with E-state index in [1.54, 1.807) is 0 Å². The van der Waals surface area contributed by atoms with Crippen LogP contribution in [0.4, 0.5) is 5.69 Å². The standard InChI is InChI=1S/C16H15Cl2NO2/c1-9-3-4-11(5-10(9)2)6-15(20)19-12-7-13(17)16(21)14(18)8-12/h3-5,7-8,21H,6H2,1-2H3,(H,19,20). The minimum absolute atomic E-state index is 0.101.